The molecule has 0 radical (unpaired) electrons. The van der Waals surface area contributed by atoms with Gasteiger partial charge in [0.2, 0.25) is 5.91 Å². The number of ether oxygens (including phenoxy) is 1. The summed E-state index contributed by atoms with van der Waals surface area (Å²) in [4.78, 5) is 51.8. The third-order valence-corrected chi connectivity index (χ3v) is 6.45. The number of fused-ring (bicyclic) bond motifs is 1. The molecule has 0 unspecified atom stereocenters. The van der Waals surface area contributed by atoms with Gasteiger partial charge in [-0.25, -0.2) is 4.79 Å². The van der Waals surface area contributed by atoms with Crippen molar-refractivity contribution in [3.05, 3.63) is 89.0 Å². The fraction of sp³-hybridized carbons (Fsp3) is 0.154. The van der Waals surface area contributed by atoms with Gasteiger partial charge >= 0.3 is 6.03 Å². The van der Waals surface area contributed by atoms with Crippen molar-refractivity contribution < 1.29 is 23.9 Å². The number of nitrogens with two attached hydrogens (primary N) is 1. The van der Waals surface area contributed by atoms with Gasteiger partial charge in [-0.05, 0) is 40.5 Å². The minimum Gasteiger partial charge on any atom is -0.497 e. The second-order valence-electron chi connectivity index (χ2n) is 8.49. The van der Waals surface area contributed by atoms with Crippen LogP contribution in [0, 0.1) is 0 Å². The number of urea groups is 1. The normalized spacial score (nSPS) is 18.8. The van der Waals surface area contributed by atoms with E-state index in [1.54, 1.807) is 60.7 Å². The molecule has 9 nitrogen and oxygen atoms in total. The smallest absolute Gasteiger partial charge is 0.322 e. The topological polar surface area (TPSA) is 131 Å². The molecule has 35 heavy (non-hydrogen) atoms. The number of amides is 5. The van der Waals surface area contributed by atoms with Gasteiger partial charge in [0.05, 0.1) is 13.7 Å². The second-order valence-corrected chi connectivity index (χ2v) is 8.49. The average Bonchev–Trinajstić information content (AvgIpc) is 3.33. The zero-order valence-corrected chi connectivity index (χ0v) is 18.8. The molecule has 0 spiro atoms. The molecule has 1 fully saturated rings. The van der Waals surface area contributed by atoms with Gasteiger partial charge in [-0.1, -0.05) is 48.5 Å². The second kappa shape index (κ2) is 8.28. The first kappa shape index (κ1) is 22.1. The van der Waals surface area contributed by atoms with Crippen molar-refractivity contribution in [2.24, 2.45) is 5.73 Å². The van der Waals surface area contributed by atoms with Crippen LogP contribution in [0.4, 0.5) is 4.79 Å². The highest BCUT2D eigenvalue weighted by atomic mass is 16.5. The van der Waals surface area contributed by atoms with Crippen LogP contribution in [0.1, 0.15) is 31.8 Å². The van der Waals surface area contributed by atoms with Crippen molar-refractivity contribution in [2.45, 2.75) is 12.1 Å². The molecule has 9 heteroatoms. The summed E-state index contributed by atoms with van der Waals surface area (Å²) in [6.45, 7) is 0.241. The summed E-state index contributed by atoms with van der Waals surface area (Å²) in [5, 5.41) is 5.02. The van der Waals surface area contributed by atoms with E-state index in [1.165, 1.54) is 12.0 Å². The largest absolute Gasteiger partial charge is 0.497 e. The van der Waals surface area contributed by atoms with Crippen molar-refractivity contribution in [1.82, 2.24) is 15.5 Å². The van der Waals surface area contributed by atoms with E-state index in [1.807, 2.05) is 6.07 Å². The molecule has 0 bridgehead atoms. The first-order valence-electron chi connectivity index (χ1n) is 10.9. The number of nitrogens with zero attached hydrogens (tertiary/aromatic N) is 1. The Labute approximate surface area is 200 Å². The minimum absolute atomic E-state index is 0.0579. The van der Waals surface area contributed by atoms with Crippen LogP contribution >= 0.6 is 0 Å². The van der Waals surface area contributed by atoms with Crippen molar-refractivity contribution in [3.63, 3.8) is 0 Å². The van der Waals surface area contributed by atoms with Crippen molar-refractivity contribution in [3.8, 4) is 16.9 Å². The van der Waals surface area contributed by atoms with Crippen LogP contribution in [-0.4, -0.2) is 42.3 Å². The molecule has 2 aliphatic rings. The lowest BCUT2D eigenvalue weighted by atomic mass is 9.87. The fourth-order valence-electron chi connectivity index (χ4n) is 4.66. The number of methoxy groups -OCH3 is 1. The van der Waals surface area contributed by atoms with Gasteiger partial charge < -0.3 is 20.7 Å². The Hall–Kier alpha value is -4.66. The third kappa shape index (κ3) is 3.67. The van der Waals surface area contributed by atoms with Crippen LogP contribution in [0.25, 0.3) is 11.1 Å². The van der Waals surface area contributed by atoms with E-state index < -0.39 is 23.4 Å². The maximum atomic E-state index is 13.1. The van der Waals surface area contributed by atoms with E-state index >= 15 is 0 Å². The molecule has 1 saturated heterocycles. The van der Waals surface area contributed by atoms with Gasteiger partial charge in [0, 0.05) is 17.7 Å². The molecular weight excluding hydrogens is 448 g/mol. The summed E-state index contributed by atoms with van der Waals surface area (Å²) in [6, 6.07) is 18.5. The maximum Gasteiger partial charge on any atom is 0.322 e. The van der Waals surface area contributed by atoms with Gasteiger partial charge in [-0.2, -0.15) is 0 Å². The van der Waals surface area contributed by atoms with Crippen LogP contribution < -0.4 is 21.1 Å². The fourth-order valence-corrected chi connectivity index (χ4v) is 4.66. The predicted octanol–water partition coefficient (Wildman–Crippen LogP) is 2.15. The first-order valence-corrected chi connectivity index (χ1v) is 10.9. The highest BCUT2D eigenvalue weighted by molar-refractivity contribution is 6.08. The Morgan fingerprint density at radius 1 is 1.03 bits per heavy atom. The van der Waals surface area contributed by atoms with Crippen LogP contribution in [0.3, 0.4) is 0 Å². The molecule has 3 aromatic carbocycles. The molecule has 2 heterocycles. The lowest BCUT2D eigenvalue weighted by Crippen LogP contribution is -2.52. The van der Waals surface area contributed by atoms with Gasteiger partial charge in [0.1, 0.15) is 5.75 Å². The number of primary amides is 1. The van der Waals surface area contributed by atoms with Gasteiger partial charge in [0.25, 0.3) is 11.8 Å². The van der Waals surface area contributed by atoms with E-state index in [-0.39, 0.29) is 12.5 Å². The molecule has 4 N–H and O–H groups in total. The van der Waals surface area contributed by atoms with E-state index in [2.05, 4.69) is 10.6 Å². The molecule has 176 valence electrons. The Morgan fingerprint density at radius 3 is 2.43 bits per heavy atom. The zero-order valence-electron chi connectivity index (χ0n) is 18.8. The third-order valence-electron chi connectivity index (χ3n) is 6.45. The van der Waals surface area contributed by atoms with Crippen LogP contribution in [-0.2, 0) is 16.9 Å². The van der Waals surface area contributed by atoms with Crippen molar-refractivity contribution >= 4 is 23.8 Å². The first-order chi connectivity index (χ1) is 16.8. The van der Waals surface area contributed by atoms with Crippen molar-refractivity contribution in [2.75, 3.05) is 13.7 Å². The average molecular weight is 470 g/mol. The monoisotopic (exact) mass is 470 g/mol. The molecule has 0 aromatic heterocycles. The molecule has 3 aromatic rings. The minimum atomic E-state index is -1.47. The lowest BCUT2D eigenvalue weighted by Gasteiger charge is -2.31. The highest BCUT2D eigenvalue weighted by Crippen LogP contribution is 2.34. The number of rotatable bonds is 6. The predicted molar refractivity (Wildman–Crippen MR) is 126 cm³/mol. The van der Waals surface area contributed by atoms with E-state index in [0.29, 0.717) is 34.5 Å². The number of hydrogen-bond donors (Lipinski definition) is 3. The summed E-state index contributed by atoms with van der Waals surface area (Å²) in [7, 11) is 1.53. The van der Waals surface area contributed by atoms with Gasteiger partial charge in [-0.15, -0.1) is 0 Å². The van der Waals surface area contributed by atoms with E-state index in [4.69, 9.17) is 10.5 Å². The number of carbonyl (C=O) groups excluding carboxylic acids is 4. The molecule has 1 atom stereocenters. The van der Waals surface area contributed by atoms with Gasteiger partial charge in [-0.3, -0.25) is 19.7 Å². The van der Waals surface area contributed by atoms with E-state index in [0.717, 1.165) is 11.1 Å². The summed E-state index contributed by atoms with van der Waals surface area (Å²) < 4.78 is 5.23. The molecule has 0 aliphatic carbocycles. The standard InChI is InChI=1S/C26H22N4O5/c1-35-18-11-8-16-13-30(23(32)21(16)12-18)14-26(24(33)28-25(34)29-26)17-9-6-15(7-10-17)19-4-2-3-5-20(19)22(27)31/h2-12H,13-14H2,1H3,(H2,27,31)(H2,28,29,33,34)/t26-/m0/s1. The molecule has 0 saturated carbocycles. The maximum absolute atomic E-state index is 13.1. The van der Waals surface area contributed by atoms with Crippen LogP contribution in [0.5, 0.6) is 5.75 Å². The Balaban J connectivity index is 1.49. The van der Waals surface area contributed by atoms with Crippen LogP contribution in [0.15, 0.2) is 66.7 Å². The SMILES string of the molecule is COc1ccc2c(c1)C(=O)N(C[C@@]1(c3ccc(-c4ccccc4C(N)=O)cc3)NC(=O)NC1=O)C2. The lowest BCUT2D eigenvalue weighted by molar-refractivity contribution is -0.124. The summed E-state index contributed by atoms with van der Waals surface area (Å²) in [6.07, 6.45) is 0. The summed E-state index contributed by atoms with van der Waals surface area (Å²) in [5.41, 5.74) is 7.60. The Morgan fingerprint density at radius 2 is 1.77 bits per heavy atom. The number of benzene rings is 3. The van der Waals surface area contributed by atoms with Crippen molar-refractivity contribution in [1.29, 1.82) is 0 Å². The molecule has 5 rings (SSSR count). The molecule has 5 amide bonds. The Kier molecular flexibility index (Phi) is 5.24. The molecule has 2 aliphatic heterocycles. The summed E-state index contributed by atoms with van der Waals surface area (Å²) >= 11 is 0. The summed E-state index contributed by atoms with van der Waals surface area (Å²) in [5.74, 6) is -0.784. The number of imide groups is 1. The number of nitrogens with one attached hydrogen (secondary N) is 2. The quantitative estimate of drug-likeness (QED) is 0.475. The zero-order chi connectivity index (χ0) is 24.7. The number of carbonyl (C=O) groups is 4. The number of hydrogen-bond acceptors (Lipinski definition) is 5. The van der Waals surface area contributed by atoms with E-state index in [9.17, 15) is 19.2 Å². The highest BCUT2D eigenvalue weighted by Gasteiger charge is 2.50. The van der Waals surface area contributed by atoms with Gasteiger partial charge in [0.15, 0.2) is 5.54 Å². The Bertz CT molecular complexity index is 1380. The van der Waals surface area contributed by atoms with Crippen LogP contribution in [0.2, 0.25) is 0 Å². The molecular formula is C26H22N4O5.